The van der Waals surface area contributed by atoms with Gasteiger partial charge in [0.1, 0.15) is 5.75 Å². The number of hydrogen-bond donors (Lipinski definition) is 1. The molecule has 0 saturated heterocycles. The SMILES string of the molecule is COc1ccc(CNC(=O)[C@H](C)OC(=O)Cc2cccs2)cc1. The summed E-state index contributed by atoms with van der Waals surface area (Å²) in [6, 6.07) is 11.1. The summed E-state index contributed by atoms with van der Waals surface area (Å²) in [5.41, 5.74) is 0.941. The molecule has 5 nitrogen and oxygen atoms in total. The highest BCUT2D eigenvalue weighted by Crippen LogP contribution is 2.12. The molecule has 1 amide bonds. The summed E-state index contributed by atoms with van der Waals surface area (Å²) in [4.78, 5) is 24.6. The summed E-state index contributed by atoms with van der Waals surface area (Å²) < 4.78 is 10.2. The number of amides is 1. The van der Waals surface area contributed by atoms with Gasteiger partial charge in [-0.25, -0.2) is 0 Å². The van der Waals surface area contributed by atoms with E-state index in [4.69, 9.17) is 9.47 Å². The Morgan fingerprint density at radius 2 is 1.96 bits per heavy atom. The number of methoxy groups -OCH3 is 1. The van der Waals surface area contributed by atoms with Crippen molar-refractivity contribution in [3.05, 3.63) is 52.2 Å². The molecule has 1 N–H and O–H groups in total. The van der Waals surface area contributed by atoms with Gasteiger partial charge in [-0.2, -0.15) is 0 Å². The summed E-state index contributed by atoms with van der Waals surface area (Å²) >= 11 is 1.49. The van der Waals surface area contributed by atoms with Crippen LogP contribution in [-0.2, 0) is 27.3 Å². The van der Waals surface area contributed by atoms with E-state index in [2.05, 4.69) is 5.32 Å². The average molecular weight is 333 g/mol. The number of hydrogen-bond acceptors (Lipinski definition) is 5. The van der Waals surface area contributed by atoms with E-state index in [9.17, 15) is 9.59 Å². The lowest BCUT2D eigenvalue weighted by atomic mass is 10.2. The molecule has 0 spiro atoms. The Morgan fingerprint density at radius 1 is 1.22 bits per heavy atom. The molecule has 1 heterocycles. The number of carbonyl (C=O) groups is 2. The van der Waals surface area contributed by atoms with Gasteiger partial charge in [-0.3, -0.25) is 9.59 Å². The quantitative estimate of drug-likeness (QED) is 0.791. The van der Waals surface area contributed by atoms with Gasteiger partial charge in [-0.1, -0.05) is 18.2 Å². The van der Waals surface area contributed by atoms with Crippen molar-refractivity contribution < 1.29 is 19.1 Å². The van der Waals surface area contributed by atoms with Crippen LogP contribution < -0.4 is 10.1 Å². The molecule has 1 aromatic carbocycles. The number of thiophene rings is 1. The first kappa shape index (κ1) is 17.0. The third kappa shape index (κ3) is 5.41. The van der Waals surface area contributed by atoms with Crippen molar-refractivity contribution >= 4 is 23.2 Å². The molecule has 0 unspecified atom stereocenters. The molecule has 0 bridgehead atoms. The van der Waals surface area contributed by atoms with E-state index in [-0.39, 0.29) is 12.3 Å². The molecule has 122 valence electrons. The largest absolute Gasteiger partial charge is 0.497 e. The van der Waals surface area contributed by atoms with Crippen LogP contribution in [0, 0.1) is 0 Å². The molecule has 0 aliphatic rings. The van der Waals surface area contributed by atoms with E-state index in [1.54, 1.807) is 14.0 Å². The van der Waals surface area contributed by atoms with Gasteiger partial charge in [-0.05, 0) is 36.1 Å². The van der Waals surface area contributed by atoms with Crippen LogP contribution in [0.2, 0.25) is 0 Å². The summed E-state index contributed by atoms with van der Waals surface area (Å²) in [5, 5.41) is 4.64. The Kier molecular flexibility index (Phi) is 6.17. The molecule has 0 aliphatic heterocycles. The molecule has 2 rings (SSSR count). The maximum absolute atomic E-state index is 12.0. The van der Waals surface area contributed by atoms with E-state index in [1.807, 2.05) is 41.8 Å². The molecule has 2 aromatic rings. The Hall–Kier alpha value is -2.34. The van der Waals surface area contributed by atoms with Crippen LogP contribution in [0.5, 0.6) is 5.75 Å². The van der Waals surface area contributed by atoms with E-state index in [0.717, 1.165) is 16.2 Å². The number of carbonyl (C=O) groups excluding carboxylic acids is 2. The summed E-state index contributed by atoms with van der Waals surface area (Å²) in [7, 11) is 1.60. The van der Waals surface area contributed by atoms with Crippen LogP contribution in [0.4, 0.5) is 0 Å². The minimum atomic E-state index is -0.819. The second-order valence-electron chi connectivity index (χ2n) is 4.95. The maximum atomic E-state index is 12.0. The van der Waals surface area contributed by atoms with Crippen molar-refractivity contribution in [3.63, 3.8) is 0 Å². The van der Waals surface area contributed by atoms with Gasteiger partial charge < -0.3 is 14.8 Å². The molecule has 0 aliphatic carbocycles. The minimum absolute atomic E-state index is 0.188. The van der Waals surface area contributed by atoms with E-state index < -0.39 is 12.1 Å². The number of ether oxygens (including phenoxy) is 2. The first-order valence-corrected chi connectivity index (χ1v) is 8.09. The molecule has 1 atom stereocenters. The predicted molar refractivity (Wildman–Crippen MR) is 88.4 cm³/mol. The second-order valence-corrected chi connectivity index (χ2v) is 5.99. The highest BCUT2D eigenvalue weighted by atomic mass is 32.1. The van der Waals surface area contributed by atoms with Crippen molar-refractivity contribution in [2.24, 2.45) is 0 Å². The standard InChI is InChI=1S/C17H19NO4S/c1-12(22-16(19)10-15-4-3-9-23-15)17(20)18-11-13-5-7-14(21-2)8-6-13/h3-9,12H,10-11H2,1-2H3,(H,18,20)/t12-/m0/s1. The first-order chi connectivity index (χ1) is 11.1. The van der Waals surface area contributed by atoms with Crippen LogP contribution in [0.1, 0.15) is 17.4 Å². The lowest BCUT2D eigenvalue weighted by Crippen LogP contribution is -2.35. The zero-order chi connectivity index (χ0) is 16.7. The van der Waals surface area contributed by atoms with Crippen molar-refractivity contribution in [3.8, 4) is 5.75 Å². The molecular formula is C17H19NO4S. The zero-order valence-electron chi connectivity index (χ0n) is 13.1. The third-order valence-corrected chi connectivity index (χ3v) is 4.08. The van der Waals surface area contributed by atoms with Gasteiger partial charge in [0.05, 0.1) is 13.5 Å². The molecular weight excluding hydrogens is 314 g/mol. The van der Waals surface area contributed by atoms with Crippen molar-refractivity contribution in [2.45, 2.75) is 26.0 Å². The molecule has 0 radical (unpaired) electrons. The van der Waals surface area contributed by atoms with Crippen molar-refractivity contribution in [1.82, 2.24) is 5.32 Å². The molecule has 6 heteroatoms. The molecule has 1 aromatic heterocycles. The zero-order valence-corrected chi connectivity index (χ0v) is 13.9. The maximum Gasteiger partial charge on any atom is 0.311 e. The van der Waals surface area contributed by atoms with Crippen molar-refractivity contribution in [2.75, 3.05) is 7.11 Å². The monoisotopic (exact) mass is 333 g/mol. The average Bonchev–Trinajstić information content (AvgIpc) is 3.05. The fourth-order valence-electron chi connectivity index (χ4n) is 1.92. The summed E-state index contributed by atoms with van der Waals surface area (Å²) in [6.07, 6.45) is -0.631. The van der Waals surface area contributed by atoms with Gasteiger partial charge in [0.2, 0.25) is 0 Å². The summed E-state index contributed by atoms with van der Waals surface area (Å²) in [5.74, 6) is 0.0378. The smallest absolute Gasteiger partial charge is 0.311 e. The number of rotatable bonds is 7. The lowest BCUT2D eigenvalue weighted by Gasteiger charge is -2.13. The van der Waals surface area contributed by atoms with Gasteiger partial charge in [0.25, 0.3) is 5.91 Å². The fourth-order valence-corrected chi connectivity index (χ4v) is 2.61. The van der Waals surface area contributed by atoms with Gasteiger partial charge in [0.15, 0.2) is 6.10 Å². The van der Waals surface area contributed by atoms with E-state index in [1.165, 1.54) is 11.3 Å². The number of benzene rings is 1. The van der Waals surface area contributed by atoms with Gasteiger partial charge in [-0.15, -0.1) is 11.3 Å². The second kappa shape index (κ2) is 8.33. The molecule has 0 fully saturated rings. The molecule has 23 heavy (non-hydrogen) atoms. The Morgan fingerprint density at radius 3 is 2.57 bits per heavy atom. The van der Waals surface area contributed by atoms with Crippen LogP contribution in [0.3, 0.4) is 0 Å². The Labute approximate surface area is 139 Å². The fraction of sp³-hybridized carbons (Fsp3) is 0.294. The van der Waals surface area contributed by atoms with Crippen LogP contribution in [0.25, 0.3) is 0 Å². The van der Waals surface area contributed by atoms with Crippen LogP contribution in [0.15, 0.2) is 41.8 Å². The Bertz CT molecular complexity index is 637. The van der Waals surface area contributed by atoms with Crippen LogP contribution in [-0.4, -0.2) is 25.1 Å². The van der Waals surface area contributed by atoms with Crippen molar-refractivity contribution in [1.29, 1.82) is 0 Å². The number of nitrogens with one attached hydrogen (secondary N) is 1. The highest BCUT2D eigenvalue weighted by molar-refractivity contribution is 7.10. The lowest BCUT2D eigenvalue weighted by molar-refractivity contribution is -0.154. The Balaban J connectivity index is 1.76. The van der Waals surface area contributed by atoms with Gasteiger partial charge >= 0.3 is 5.97 Å². The predicted octanol–water partition coefficient (Wildman–Crippen LogP) is 2.55. The van der Waals surface area contributed by atoms with Gasteiger partial charge in [0, 0.05) is 11.4 Å². The third-order valence-electron chi connectivity index (χ3n) is 3.20. The van der Waals surface area contributed by atoms with E-state index >= 15 is 0 Å². The summed E-state index contributed by atoms with van der Waals surface area (Å²) in [6.45, 7) is 1.94. The number of esters is 1. The topological polar surface area (TPSA) is 64.6 Å². The minimum Gasteiger partial charge on any atom is -0.497 e. The normalized spacial score (nSPS) is 11.6. The molecule has 0 saturated carbocycles. The highest BCUT2D eigenvalue weighted by Gasteiger charge is 2.17. The first-order valence-electron chi connectivity index (χ1n) is 7.21. The van der Waals surface area contributed by atoms with Crippen LogP contribution >= 0.6 is 11.3 Å². The van der Waals surface area contributed by atoms with E-state index in [0.29, 0.717) is 6.54 Å².